The third-order valence-corrected chi connectivity index (χ3v) is 7.00. The number of hydrogen-bond acceptors (Lipinski definition) is 7. The Bertz CT molecular complexity index is 1530. The number of aromatic nitrogens is 3. The van der Waals surface area contributed by atoms with Crippen LogP contribution < -0.4 is 25.8 Å². The number of ether oxygens (including phenoxy) is 2. The predicted octanol–water partition coefficient (Wildman–Crippen LogP) is 5.67. The molecule has 0 radical (unpaired) electrons. The summed E-state index contributed by atoms with van der Waals surface area (Å²) in [7, 11) is 2.96. The van der Waals surface area contributed by atoms with E-state index in [1.807, 2.05) is 6.20 Å². The molecule has 5 rings (SSSR count). The van der Waals surface area contributed by atoms with Gasteiger partial charge in [0.1, 0.15) is 29.3 Å². The Kier molecular flexibility index (Phi) is 7.06. The average molecular weight is 535 g/mol. The van der Waals surface area contributed by atoms with Crippen LogP contribution in [0.1, 0.15) is 47.6 Å². The molecule has 0 aliphatic heterocycles. The highest BCUT2D eigenvalue weighted by atomic mass is 35.5. The SMILES string of the molecule is COc1cc(OC)c(NC(=O)Nc2cccc(C(=O)c3cn(C4CCCC4)c4ncnc(N)c34)c2)cc1Cl. The van der Waals surface area contributed by atoms with E-state index in [4.69, 9.17) is 26.8 Å². The molecule has 4 N–H and O–H groups in total. The number of benzene rings is 2. The maximum Gasteiger partial charge on any atom is 0.323 e. The van der Waals surface area contributed by atoms with Gasteiger partial charge in [0.2, 0.25) is 0 Å². The molecule has 2 amide bonds. The number of hydrogen-bond donors (Lipinski definition) is 3. The predicted molar refractivity (Wildman–Crippen MR) is 147 cm³/mol. The zero-order valence-corrected chi connectivity index (χ0v) is 21.7. The number of fused-ring (bicyclic) bond motifs is 1. The van der Waals surface area contributed by atoms with Crippen molar-refractivity contribution < 1.29 is 19.1 Å². The molecule has 0 atom stereocenters. The molecular weight excluding hydrogens is 508 g/mol. The van der Waals surface area contributed by atoms with Crippen LogP contribution in [0.3, 0.4) is 0 Å². The highest BCUT2D eigenvalue weighted by Gasteiger charge is 2.25. The lowest BCUT2D eigenvalue weighted by Gasteiger charge is -2.14. The van der Waals surface area contributed by atoms with Gasteiger partial charge in [0.15, 0.2) is 5.78 Å². The molecular formula is C27H27ClN6O4. The molecule has 1 aliphatic carbocycles. The summed E-state index contributed by atoms with van der Waals surface area (Å²) in [4.78, 5) is 35.0. The number of carbonyl (C=O) groups excluding carboxylic acids is 2. The van der Waals surface area contributed by atoms with Crippen LogP contribution in [0.25, 0.3) is 11.0 Å². The number of nitrogens with zero attached hydrogens (tertiary/aromatic N) is 3. The summed E-state index contributed by atoms with van der Waals surface area (Å²) in [5.41, 5.74) is 8.47. The van der Waals surface area contributed by atoms with Crippen molar-refractivity contribution in [3.63, 3.8) is 0 Å². The Morgan fingerprint density at radius 1 is 1.05 bits per heavy atom. The molecule has 2 aromatic carbocycles. The van der Waals surface area contributed by atoms with Crippen molar-refractivity contribution in [2.24, 2.45) is 0 Å². The van der Waals surface area contributed by atoms with E-state index in [2.05, 4.69) is 25.2 Å². The van der Waals surface area contributed by atoms with E-state index in [1.165, 1.54) is 26.6 Å². The van der Waals surface area contributed by atoms with Crippen LogP contribution in [0.15, 0.2) is 48.9 Å². The molecule has 0 bridgehead atoms. The number of rotatable bonds is 7. The van der Waals surface area contributed by atoms with Gasteiger partial charge in [0.25, 0.3) is 0 Å². The number of anilines is 3. The zero-order valence-electron chi connectivity index (χ0n) is 21.0. The summed E-state index contributed by atoms with van der Waals surface area (Å²) in [5.74, 6) is 0.821. The molecule has 1 saturated carbocycles. The van der Waals surface area contributed by atoms with Crippen LogP contribution >= 0.6 is 11.6 Å². The third-order valence-electron chi connectivity index (χ3n) is 6.71. The topological polar surface area (TPSA) is 133 Å². The number of ketones is 1. The molecule has 0 spiro atoms. The van der Waals surface area contributed by atoms with Crippen molar-refractivity contribution in [1.82, 2.24) is 14.5 Å². The number of urea groups is 1. The Morgan fingerprint density at radius 2 is 1.82 bits per heavy atom. The summed E-state index contributed by atoms with van der Waals surface area (Å²) in [6.45, 7) is 0. The number of halogens is 1. The second kappa shape index (κ2) is 10.6. The lowest BCUT2D eigenvalue weighted by atomic mass is 10.0. The molecule has 196 valence electrons. The van der Waals surface area contributed by atoms with Gasteiger partial charge in [-0.1, -0.05) is 36.6 Å². The first-order valence-corrected chi connectivity index (χ1v) is 12.5. The van der Waals surface area contributed by atoms with Gasteiger partial charge in [-0.3, -0.25) is 4.79 Å². The molecule has 2 heterocycles. The summed E-state index contributed by atoms with van der Waals surface area (Å²) < 4.78 is 12.6. The highest BCUT2D eigenvalue weighted by Crippen LogP contribution is 2.37. The monoisotopic (exact) mass is 534 g/mol. The minimum atomic E-state index is -0.537. The van der Waals surface area contributed by atoms with Gasteiger partial charge in [0, 0.05) is 29.6 Å². The van der Waals surface area contributed by atoms with Gasteiger partial charge >= 0.3 is 6.03 Å². The number of nitrogens with one attached hydrogen (secondary N) is 2. The fourth-order valence-electron chi connectivity index (χ4n) is 4.88. The minimum absolute atomic E-state index is 0.235. The second-order valence-corrected chi connectivity index (χ2v) is 9.43. The first-order valence-electron chi connectivity index (χ1n) is 12.1. The molecule has 38 heavy (non-hydrogen) atoms. The van der Waals surface area contributed by atoms with Gasteiger partial charge in [-0.05, 0) is 31.0 Å². The normalized spacial score (nSPS) is 13.4. The van der Waals surface area contributed by atoms with Crippen molar-refractivity contribution in [3.05, 3.63) is 65.1 Å². The third kappa shape index (κ3) is 4.82. The second-order valence-electron chi connectivity index (χ2n) is 9.02. The minimum Gasteiger partial charge on any atom is -0.495 e. The Balaban J connectivity index is 1.40. The van der Waals surface area contributed by atoms with Crippen molar-refractivity contribution in [2.45, 2.75) is 31.7 Å². The lowest BCUT2D eigenvalue weighted by Crippen LogP contribution is -2.20. The number of carbonyl (C=O) groups is 2. The van der Waals surface area contributed by atoms with E-state index in [0.29, 0.717) is 50.1 Å². The van der Waals surface area contributed by atoms with E-state index in [1.54, 1.807) is 30.3 Å². The van der Waals surface area contributed by atoms with E-state index in [-0.39, 0.29) is 17.6 Å². The number of amides is 2. The van der Waals surface area contributed by atoms with Crippen molar-refractivity contribution >= 4 is 51.6 Å². The molecule has 11 heteroatoms. The fraction of sp³-hybridized carbons (Fsp3) is 0.259. The van der Waals surface area contributed by atoms with Crippen molar-refractivity contribution in [3.8, 4) is 11.5 Å². The van der Waals surface area contributed by atoms with Crippen LogP contribution in [0.5, 0.6) is 11.5 Å². The molecule has 1 fully saturated rings. The van der Waals surface area contributed by atoms with E-state index < -0.39 is 6.03 Å². The standard InChI is InChI=1S/C27H27ClN6O4/c1-37-21-12-22(38-2)20(11-19(21)28)33-27(36)32-16-7-5-6-15(10-16)24(35)18-13-34(17-8-3-4-9-17)26-23(18)25(29)30-14-31-26/h5-7,10-14,17H,3-4,8-9H2,1-2H3,(H2,29,30,31)(H2,32,33,36). The largest absolute Gasteiger partial charge is 0.495 e. The number of methoxy groups -OCH3 is 2. The van der Waals surface area contributed by atoms with E-state index in [0.717, 1.165) is 25.7 Å². The summed E-state index contributed by atoms with van der Waals surface area (Å²) in [5, 5.41) is 6.32. The first-order chi connectivity index (χ1) is 18.4. The molecule has 0 saturated heterocycles. The number of nitrogens with two attached hydrogens (primary N) is 1. The van der Waals surface area contributed by atoms with Crippen molar-refractivity contribution in [2.75, 3.05) is 30.6 Å². The van der Waals surface area contributed by atoms with E-state index in [9.17, 15) is 9.59 Å². The van der Waals surface area contributed by atoms with Crippen LogP contribution in [0.4, 0.5) is 22.0 Å². The van der Waals surface area contributed by atoms with Crippen LogP contribution in [-0.4, -0.2) is 40.6 Å². The summed E-state index contributed by atoms with van der Waals surface area (Å²) >= 11 is 6.20. The quantitative estimate of drug-likeness (QED) is 0.260. The Labute approximate surface area is 224 Å². The van der Waals surface area contributed by atoms with Crippen LogP contribution in [-0.2, 0) is 0 Å². The van der Waals surface area contributed by atoms with Crippen LogP contribution in [0.2, 0.25) is 5.02 Å². The Morgan fingerprint density at radius 3 is 2.55 bits per heavy atom. The van der Waals surface area contributed by atoms with Gasteiger partial charge in [0.05, 0.1) is 35.9 Å². The van der Waals surface area contributed by atoms with Crippen LogP contribution in [0, 0.1) is 0 Å². The Hall–Kier alpha value is -4.31. The van der Waals surface area contributed by atoms with E-state index >= 15 is 0 Å². The summed E-state index contributed by atoms with van der Waals surface area (Å²) in [6.07, 6.45) is 7.59. The smallest absolute Gasteiger partial charge is 0.323 e. The summed E-state index contributed by atoms with van der Waals surface area (Å²) in [6, 6.07) is 9.53. The molecule has 1 aliphatic rings. The number of nitrogen functional groups attached to an aromatic ring is 1. The average Bonchev–Trinajstić information content (AvgIpc) is 3.57. The highest BCUT2D eigenvalue weighted by molar-refractivity contribution is 6.32. The molecule has 0 unspecified atom stereocenters. The molecule has 4 aromatic rings. The fourth-order valence-corrected chi connectivity index (χ4v) is 5.12. The molecule has 10 nitrogen and oxygen atoms in total. The lowest BCUT2D eigenvalue weighted by molar-refractivity contribution is 0.104. The maximum atomic E-state index is 13.7. The maximum absolute atomic E-state index is 13.7. The van der Waals surface area contributed by atoms with Gasteiger partial charge in [-0.25, -0.2) is 14.8 Å². The van der Waals surface area contributed by atoms with Gasteiger partial charge in [-0.15, -0.1) is 0 Å². The van der Waals surface area contributed by atoms with Crippen molar-refractivity contribution in [1.29, 1.82) is 0 Å². The molecule has 2 aromatic heterocycles. The zero-order chi connectivity index (χ0) is 26.8. The van der Waals surface area contributed by atoms with Gasteiger partial charge < -0.3 is 30.4 Å². The van der Waals surface area contributed by atoms with Gasteiger partial charge in [-0.2, -0.15) is 0 Å². The first kappa shape index (κ1) is 25.3.